The zero-order valence-electron chi connectivity index (χ0n) is 10.3. The summed E-state index contributed by atoms with van der Waals surface area (Å²) in [5, 5.41) is 8.93. The summed E-state index contributed by atoms with van der Waals surface area (Å²) in [4.78, 5) is 10.9. The Labute approximate surface area is 106 Å². The van der Waals surface area contributed by atoms with Gasteiger partial charge in [-0.25, -0.2) is 4.79 Å². The monoisotopic (exact) mass is 242 g/mol. The molecular weight excluding hydrogens is 228 g/mol. The number of rotatable bonds is 3. The highest BCUT2D eigenvalue weighted by atomic mass is 16.5. The molecule has 2 aromatic rings. The smallest absolute Gasteiger partial charge is 0.335 e. The second-order valence-corrected chi connectivity index (χ2v) is 4.16. The molecule has 0 unspecified atom stereocenters. The molecule has 0 heterocycles. The van der Waals surface area contributed by atoms with Crippen molar-refractivity contribution in [3.63, 3.8) is 0 Å². The highest BCUT2D eigenvalue weighted by Gasteiger charge is 2.07. The van der Waals surface area contributed by atoms with Crippen LogP contribution in [0.2, 0.25) is 0 Å². The van der Waals surface area contributed by atoms with E-state index in [0.29, 0.717) is 5.75 Å². The van der Waals surface area contributed by atoms with Gasteiger partial charge in [0.1, 0.15) is 11.5 Å². The van der Waals surface area contributed by atoms with Crippen LogP contribution in [0.4, 0.5) is 0 Å². The van der Waals surface area contributed by atoms with Gasteiger partial charge in [0.25, 0.3) is 0 Å². The van der Waals surface area contributed by atoms with Crippen LogP contribution in [-0.4, -0.2) is 11.1 Å². The SMILES string of the molecule is Cc1cccc(C)c1Oc1cccc(C(=O)O)c1. The molecule has 2 aromatic carbocycles. The standard InChI is InChI=1S/C15H14O3/c1-10-5-3-6-11(2)14(10)18-13-8-4-7-12(9-13)15(16)17/h3-9H,1-2H3,(H,16,17). The van der Waals surface area contributed by atoms with E-state index in [0.717, 1.165) is 16.9 Å². The second kappa shape index (κ2) is 4.92. The molecule has 0 atom stereocenters. The summed E-state index contributed by atoms with van der Waals surface area (Å²) in [5.41, 5.74) is 2.27. The summed E-state index contributed by atoms with van der Waals surface area (Å²) in [6.45, 7) is 3.92. The van der Waals surface area contributed by atoms with Crippen molar-refractivity contribution in [2.45, 2.75) is 13.8 Å². The summed E-state index contributed by atoms with van der Waals surface area (Å²) < 4.78 is 5.77. The Kier molecular flexibility index (Phi) is 3.33. The van der Waals surface area contributed by atoms with Crippen molar-refractivity contribution < 1.29 is 14.6 Å². The van der Waals surface area contributed by atoms with Crippen molar-refractivity contribution in [1.29, 1.82) is 0 Å². The largest absolute Gasteiger partial charge is 0.478 e. The Morgan fingerprint density at radius 3 is 2.28 bits per heavy atom. The van der Waals surface area contributed by atoms with Crippen LogP contribution in [0.3, 0.4) is 0 Å². The minimum atomic E-state index is -0.957. The first kappa shape index (κ1) is 12.2. The number of hydrogen-bond donors (Lipinski definition) is 1. The van der Waals surface area contributed by atoms with Crippen molar-refractivity contribution >= 4 is 5.97 Å². The van der Waals surface area contributed by atoms with Gasteiger partial charge in [0.2, 0.25) is 0 Å². The molecule has 0 bridgehead atoms. The first-order chi connectivity index (χ1) is 8.58. The Bertz CT molecular complexity index is 568. The van der Waals surface area contributed by atoms with Crippen LogP contribution in [-0.2, 0) is 0 Å². The van der Waals surface area contributed by atoms with Crippen molar-refractivity contribution in [3.05, 3.63) is 59.2 Å². The lowest BCUT2D eigenvalue weighted by Gasteiger charge is -2.11. The lowest BCUT2D eigenvalue weighted by molar-refractivity contribution is 0.0696. The van der Waals surface area contributed by atoms with Crippen LogP contribution >= 0.6 is 0 Å². The third-order valence-electron chi connectivity index (χ3n) is 2.71. The van der Waals surface area contributed by atoms with E-state index >= 15 is 0 Å². The summed E-state index contributed by atoms with van der Waals surface area (Å²) in [5.74, 6) is 0.356. The Balaban J connectivity index is 2.34. The quantitative estimate of drug-likeness (QED) is 0.890. The summed E-state index contributed by atoms with van der Waals surface area (Å²) >= 11 is 0. The summed E-state index contributed by atoms with van der Waals surface area (Å²) in [6.07, 6.45) is 0. The van der Waals surface area contributed by atoms with Crippen molar-refractivity contribution in [1.82, 2.24) is 0 Å². The second-order valence-electron chi connectivity index (χ2n) is 4.16. The fourth-order valence-corrected chi connectivity index (χ4v) is 1.77. The van der Waals surface area contributed by atoms with Gasteiger partial charge in [-0.1, -0.05) is 24.3 Å². The molecule has 0 aliphatic carbocycles. The molecule has 18 heavy (non-hydrogen) atoms. The normalized spacial score (nSPS) is 10.1. The van der Waals surface area contributed by atoms with Crippen molar-refractivity contribution in [2.24, 2.45) is 0 Å². The zero-order valence-corrected chi connectivity index (χ0v) is 10.3. The average molecular weight is 242 g/mol. The number of aryl methyl sites for hydroxylation is 2. The van der Waals surface area contributed by atoms with Crippen LogP contribution in [0.1, 0.15) is 21.5 Å². The number of para-hydroxylation sites is 1. The molecule has 0 aromatic heterocycles. The first-order valence-corrected chi connectivity index (χ1v) is 5.65. The third kappa shape index (κ3) is 2.51. The minimum Gasteiger partial charge on any atom is -0.478 e. The number of carboxylic acids is 1. The number of ether oxygens (including phenoxy) is 1. The molecule has 0 fully saturated rings. The lowest BCUT2D eigenvalue weighted by atomic mass is 10.1. The van der Waals surface area contributed by atoms with Gasteiger partial charge in [-0.15, -0.1) is 0 Å². The van der Waals surface area contributed by atoms with E-state index in [-0.39, 0.29) is 5.56 Å². The molecule has 0 aliphatic rings. The van der Waals surface area contributed by atoms with E-state index in [4.69, 9.17) is 9.84 Å². The molecule has 92 valence electrons. The zero-order chi connectivity index (χ0) is 13.1. The number of aromatic carboxylic acids is 1. The van der Waals surface area contributed by atoms with Crippen LogP contribution in [0.15, 0.2) is 42.5 Å². The van der Waals surface area contributed by atoms with Gasteiger partial charge in [-0.3, -0.25) is 0 Å². The van der Waals surface area contributed by atoms with E-state index in [1.54, 1.807) is 18.2 Å². The molecule has 0 spiro atoms. The Morgan fingerprint density at radius 1 is 1.06 bits per heavy atom. The van der Waals surface area contributed by atoms with Gasteiger partial charge < -0.3 is 9.84 Å². The maximum absolute atomic E-state index is 10.9. The highest BCUT2D eigenvalue weighted by Crippen LogP contribution is 2.28. The number of hydrogen-bond acceptors (Lipinski definition) is 2. The predicted octanol–water partition coefficient (Wildman–Crippen LogP) is 3.79. The van der Waals surface area contributed by atoms with Crippen LogP contribution < -0.4 is 4.74 Å². The van der Waals surface area contributed by atoms with E-state index in [9.17, 15) is 4.79 Å². The summed E-state index contributed by atoms with van der Waals surface area (Å²) in [6, 6.07) is 12.4. The first-order valence-electron chi connectivity index (χ1n) is 5.65. The molecule has 3 heteroatoms. The molecule has 0 saturated carbocycles. The van der Waals surface area contributed by atoms with Gasteiger partial charge in [-0.05, 0) is 43.2 Å². The fourth-order valence-electron chi connectivity index (χ4n) is 1.77. The Hall–Kier alpha value is -2.29. The highest BCUT2D eigenvalue weighted by molar-refractivity contribution is 5.88. The number of carboxylic acid groups (broad SMARTS) is 1. The molecular formula is C15H14O3. The fraction of sp³-hybridized carbons (Fsp3) is 0.133. The predicted molar refractivity (Wildman–Crippen MR) is 69.4 cm³/mol. The van der Waals surface area contributed by atoms with Crippen molar-refractivity contribution in [2.75, 3.05) is 0 Å². The van der Waals surface area contributed by atoms with E-state index in [1.165, 1.54) is 6.07 Å². The van der Waals surface area contributed by atoms with Gasteiger partial charge in [0.15, 0.2) is 0 Å². The molecule has 3 nitrogen and oxygen atoms in total. The third-order valence-corrected chi connectivity index (χ3v) is 2.71. The molecule has 0 radical (unpaired) electrons. The van der Waals surface area contributed by atoms with Crippen LogP contribution in [0.5, 0.6) is 11.5 Å². The molecule has 0 saturated heterocycles. The lowest BCUT2D eigenvalue weighted by Crippen LogP contribution is -1.97. The van der Waals surface area contributed by atoms with E-state index < -0.39 is 5.97 Å². The van der Waals surface area contributed by atoms with Gasteiger partial charge in [-0.2, -0.15) is 0 Å². The Morgan fingerprint density at radius 2 is 1.67 bits per heavy atom. The van der Waals surface area contributed by atoms with Gasteiger partial charge in [0, 0.05) is 0 Å². The molecule has 0 aliphatic heterocycles. The average Bonchev–Trinajstić information content (AvgIpc) is 2.34. The minimum absolute atomic E-state index is 0.221. The van der Waals surface area contributed by atoms with Gasteiger partial charge in [0.05, 0.1) is 5.56 Å². The number of carbonyl (C=O) groups is 1. The van der Waals surface area contributed by atoms with E-state index in [2.05, 4.69) is 0 Å². The molecule has 1 N–H and O–H groups in total. The van der Waals surface area contributed by atoms with Gasteiger partial charge >= 0.3 is 5.97 Å². The summed E-state index contributed by atoms with van der Waals surface area (Å²) in [7, 11) is 0. The van der Waals surface area contributed by atoms with Crippen LogP contribution in [0.25, 0.3) is 0 Å². The number of benzene rings is 2. The maximum Gasteiger partial charge on any atom is 0.335 e. The van der Waals surface area contributed by atoms with Crippen molar-refractivity contribution in [3.8, 4) is 11.5 Å². The molecule has 0 amide bonds. The maximum atomic E-state index is 10.9. The van der Waals surface area contributed by atoms with Crippen LogP contribution in [0, 0.1) is 13.8 Å². The van der Waals surface area contributed by atoms with E-state index in [1.807, 2.05) is 32.0 Å². The topological polar surface area (TPSA) is 46.5 Å². The molecule has 2 rings (SSSR count).